The highest BCUT2D eigenvalue weighted by atomic mass is 16.5. The number of rotatable bonds is 2. The maximum atomic E-state index is 5.09. The Morgan fingerprint density at radius 1 is 1.24 bits per heavy atom. The summed E-state index contributed by atoms with van der Waals surface area (Å²) in [5.41, 5.74) is 2.35. The van der Waals surface area contributed by atoms with E-state index in [1.807, 2.05) is 10.7 Å². The molecule has 1 aliphatic carbocycles. The van der Waals surface area contributed by atoms with Crippen molar-refractivity contribution in [2.45, 2.75) is 38.0 Å². The first-order valence-electron chi connectivity index (χ1n) is 6.27. The zero-order valence-corrected chi connectivity index (χ0v) is 10.1. The maximum Gasteiger partial charge on any atom is 0.333 e. The van der Waals surface area contributed by atoms with Gasteiger partial charge in [-0.2, -0.15) is 0 Å². The molecule has 4 heteroatoms. The first-order chi connectivity index (χ1) is 8.38. The van der Waals surface area contributed by atoms with Gasteiger partial charge in [-0.1, -0.05) is 19.3 Å². The Bertz CT molecular complexity index is 514. The number of fused-ring (bicyclic) bond motifs is 1. The fourth-order valence-electron chi connectivity index (χ4n) is 2.71. The molecule has 0 saturated heterocycles. The molecule has 1 saturated carbocycles. The summed E-state index contributed by atoms with van der Waals surface area (Å²) in [5.74, 6) is 0.644. The van der Waals surface area contributed by atoms with E-state index in [1.165, 1.54) is 37.8 Å². The van der Waals surface area contributed by atoms with Gasteiger partial charge in [-0.05, 0) is 25.0 Å². The third-order valence-corrected chi connectivity index (χ3v) is 3.61. The zero-order valence-electron chi connectivity index (χ0n) is 10.1. The highest BCUT2D eigenvalue weighted by Crippen LogP contribution is 2.33. The predicted molar refractivity (Wildman–Crippen MR) is 65.4 cm³/mol. The number of aromatic nitrogens is 3. The molecule has 0 bridgehead atoms. The SMILES string of the molecule is COc1ncc2ccc(C3CCCCC3)n2n1. The Morgan fingerprint density at radius 3 is 2.82 bits per heavy atom. The lowest BCUT2D eigenvalue weighted by Gasteiger charge is -2.21. The minimum Gasteiger partial charge on any atom is -0.466 e. The van der Waals surface area contributed by atoms with Crippen LogP contribution in [0.25, 0.3) is 5.52 Å². The van der Waals surface area contributed by atoms with Gasteiger partial charge in [0.2, 0.25) is 0 Å². The van der Waals surface area contributed by atoms with Crippen LogP contribution in [0.15, 0.2) is 18.3 Å². The molecule has 0 atom stereocenters. The smallest absolute Gasteiger partial charge is 0.333 e. The van der Waals surface area contributed by atoms with Crippen LogP contribution in [0, 0.1) is 0 Å². The molecule has 4 nitrogen and oxygen atoms in total. The van der Waals surface area contributed by atoms with Crippen LogP contribution in [-0.4, -0.2) is 21.7 Å². The van der Waals surface area contributed by atoms with Crippen LogP contribution in [0.2, 0.25) is 0 Å². The van der Waals surface area contributed by atoms with Gasteiger partial charge in [0.1, 0.15) is 0 Å². The molecular formula is C13H17N3O. The molecule has 1 aliphatic rings. The molecule has 1 fully saturated rings. The molecule has 0 amide bonds. The molecule has 3 rings (SSSR count). The summed E-state index contributed by atoms with van der Waals surface area (Å²) in [7, 11) is 1.60. The van der Waals surface area contributed by atoms with Crippen molar-refractivity contribution in [3.8, 4) is 6.01 Å². The van der Waals surface area contributed by atoms with E-state index >= 15 is 0 Å². The van der Waals surface area contributed by atoms with E-state index in [0.717, 1.165) is 5.52 Å². The summed E-state index contributed by atoms with van der Waals surface area (Å²) >= 11 is 0. The molecule has 0 unspecified atom stereocenters. The lowest BCUT2D eigenvalue weighted by molar-refractivity contribution is 0.367. The minimum absolute atomic E-state index is 0.436. The second-order valence-electron chi connectivity index (χ2n) is 4.67. The van der Waals surface area contributed by atoms with Gasteiger partial charge in [0.05, 0.1) is 18.8 Å². The standard InChI is InChI=1S/C13H17N3O/c1-17-13-14-9-11-7-8-12(16(11)15-13)10-5-3-2-4-6-10/h7-10H,2-6H2,1H3. The summed E-state index contributed by atoms with van der Waals surface area (Å²) in [6.45, 7) is 0. The lowest BCUT2D eigenvalue weighted by atomic mass is 9.87. The molecule has 2 aromatic heterocycles. The van der Waals surface area contributed by atoms with E-state index in [9.17, 15) is 0 Å². The number of methoxy groups -OCH3 is 1. The number of hydrogen-bond donors (Lipinski definition) is 0. The quantitative estimate of drug-likeness (QED) is 0.797. The van der Waals surface area contributed by atoms with Crippen molar-refractivity contribution in [2.75, 3.05) is 7.11 Å². The van der Waals surface area contributed by atoms with Crippen molar-refractivity contribution in [2.24, 2.45) is 0 Å². The van der Waals surface area contributed by atoms with Gasteiger partial charge >= 0.3 is 6.01 Å². The van der Waals surface area contributed by atoms with Crippen molar-refractivity contribution in [1.82, 2.24) is 14.6 Å². The van der Waals surface area contributed by atoms with Crippen molar-refractivity contribution >= 4 is 5.52 Å². The van der Waals surface area contributed by atoms with Crippen LogP contribution in [0.3, 0.4) is 0 Å². The van der Waals surface area contributed by atoms with Gasteiger partial charge in [-0.25, -0.2) is 9.50 Å². The average molecular weight is 231 g/mol. The van der Waals surface area contributed by atoms with Gasteiger partial charge in [0.15, 0.2) is 0 Å². The molecule has 0 aromatic carbocycles. The molecule has 2 aromatic rings. The van der Waals surface area contributed by atoms with Crippen LogP contribution in [0.4, 0.5) is 0 Å². The molecule has 0 aliphatic heterocycles. The molecule has 17 heavy (non-hydrogen) atoms. The number of hydrogen-bond acceptors (Lipinski definition) is 3. The Labute approximate surface area is 101 Å². The minimum atomic E-state index is 0.436. The highest BCUT2D eigenvalue weighted by molar-refractivity contribution is 5.47. The van der Waals surface area contributed by atoms with E-state index in [0.29, 0.717) is 11.9 Å². The number of nitrogens with zero attached hydrogens (tertiary/aromatic N) is 3. The first-order valence-corrected chi connectivity index (χ1v) is 6.27. The van der Waals surface area contributed by atoms with Crippen LogP contribution in [-0.2, 0) is 0 Å². The molecule has 0 spiro atoms. The second kappa shape index (κ2) is 4.35. The molecule has 90 valence electrons. The van der Waals surface area contributed by atoms with E-state index in [2.05, 4.69) is 22.2 Å². The average Bonchev–Trinajstić information content (AvgIpc) is 2.82. The van der Waals surface area contributed by atoms with Gasteiger partial charge < -0.3 is 4.74 Å². The fraction of sp³-hybridized carbons (Fsp3) is 0.538. The molecule has 2 heterocycles. The van der Waals surface area contributed by atoms with Crippen molar-refractivity contribution in [3.05, 3.63) is 24.0 Å². The predicted octanol–water partition coefficient (Wildman–Crippen LogP) is 2.79. The third-order valence-electron chi connectivity index (χ3n) is 3.61. The second-order valence-corrected chi connectivity index (χ2v) is 4.67. The topological polar surface area (TPSA) is 39.4 Å². The largest absolute Gasteiger partial charge is 0.466 e. The van der Waals surface area contributed by atoms with Crippen LogP contribution in [0.1, 0.15) is 43.7 Å². The van der Waals surface area contributed by atoms with Gasteiger partial charge in [-0.15, -0.1) is 5.10 Å². The summed E-state index contributed by atoms with van der Waals surface area (Å²) in [6, 6.07) is 4.70. The fourth-order valence-corrected chi connectivity index (χ4v) is 2.71. The Balaban J connectivity index is 2.02. The summed E-state index contributed by atoms with van der Waals surface area (Å²) in [6.07, 6.45) is 8.41. The first kappa shape index (κ1) is 10.6. The highest BCUT2D eigenvalue weighted by Gasteiger charge is 2.19. The molecular weight excluding hydrogens is 214 g/mol. The van der Waals surface area contributed by atoms with Gasteiger partial charge in [0.25, 0.3) is 0 Å². The molecule has 0 radical (unpaired) electrons. The van der Waals surface area contributed by atoms with Crippen molar-refractivity contribution in [3.63, 3.8) is 0 Å². The summed E-state index contributed by atoms with van der Waals surface area (Å²) in [5, 5.41) is 4.41. The van der Waals surface area contributed by atoms with Gasteiger partial charge in [-0.3, -0.25) is 0 Å². The monoisotopic (exact) mass is 231 g/mol. The Hall–Kier alpha value is -1.58. The van der Waals surface area contributed by atoms with Crippen molar-refractivity contribution < 1.29 is 4.74 Å². The zero-order chi connectivity index (χ0) is 11.7. The van der Waals surface area contributed by atoms with E-state index in [1.54, 1.807) is 7.11 Å². The van der Waals surface area contributed by atoms with Gasteiger partial charge in [0, 0.05) is 11.6 Å². The van der Waals surface area contributed by atoms with E-state index in [4.69, 9.17) is 4.74 Å². The van der Waals surface area contributed by atoms with Crippen LogP contribution < -0.4 is 4.74 Å². The Morgan fingerprint density at radius 2 is 2.06 bits per heavy atom. The van der Waals surface area contributed by atoms with Crippen LogP contribution in [0.5, 0.6) is 6.01 Å². The normalized spacial score (nSPS) is 17.5. The third kappa shape index (κ3) is 1.88. The molecule has 0 N–H and O–H groups in total. The van der Waals surface area contributed by atoms with Crippen LogP contribution >= 0.6 is 0 Å². The Kier molecular flexibility index (Phi) is 2.71. The van der Waals surface area contributed by atoms with E-state index < -0.39 is 0 Å². The maximum absolute atomic E-state index is 5.09. The van der Waals surface area contributed by atoms with Crippen molar-refractivity contribution in [1.29, 1.82) is 0 Å². The number of ether oxygens (including phenoxy) is 1. The summed E-state index contributed by atoms with van der Waals surface area (Å²) < 4.78 is 7.08. The summed E-state index contributed by atoms with van der Waals surface area (Å²) in [4.78, 5) is 4.13. The van der Waals surface area contributed by atoms with E-state index in [-0.39, 0.29) is 0 Å². The lowest BCUT2D eigenvalue weighted by Crippen LogP contribution is -2.09.